The zero-order valence-corrected chi connectivity index (χ0v) is 10.3. The molecule has 1 saturated heterocycles. The molecule has 0 amide bonds. The maximum Gasteiger partial charge on any atom is 0.193 e. The molecule has 1 heterocycles. The Balaban J connectivity index is 2.40. The largest absolute Gasteiger partial charge is 0.383 e. The average molecular weight is 213 g/mol. The number of guanidine groups is 1. The third kappa shape index (κ3) is 3.70. The van der Waals surface area contributed by atoms with E-state index in [4.69, 9.17) is 4.74 Å². The molecule has 0 spiro atoms. The van der Waals surface area contributed by atoms with Gasteiger partial charge in [0.05, 0.1) is 6.61 Å². The smallest absolute Gasteiger partial charge is 0.193 e. The number of nitrogens with zero attached hydrogens (tertiary/aromatic N) is 2. The number of nitrogens with one attached hydrogen (secondary N) is 1. The van der Waals surface area contributed by atoms with Gasteiger partial charge in [0.25, 0.3) is 0 Å². The van der Waals surface area contributed by atoms with E-state index in [9.17, 15) is 0 Å². The van der Waals surface area contributed by atoms with Crippen LogP contribution in [0.3, 0.4) is 0 Å². The molecule has 88 valence electrons. The van der Waals surface area contributed by atoms with Crippen molar-refractivity contribution in [1.29, 1.82) is 0 Å². The summed E-state index contributed by atoms with van der Waals surface area (Å²) in [4.78, 5) is 6.60. The van der Waals surface area contributed by atoms with Gasteiger partial charge < -0.3 is 15.0 Å². The molecule has 0 atom stereocenters. The van der Waals surface area contributed by atoms with Gasteiger partial charge in [0, 0.05) is 33.8 Å². The van der Waals surface area contributed by atoms with Gasteiger partial charge in [-0.05, 0) is 11.8 Å². The lowest BCUT2D eigenvalue weighted by Crippen LogP contribution is -2.41. The van der Waals surface area contributed by atoms with Crippen molar-refractivity contribution in [3.63, 3.8) is 0 Å². The monoisotopic (exact) mass is 213 g/mol. The van der Waals surface area contributed by atoms with Crippen molar-refractivity contribution in [2.24, 2.45) is 10.4 Å². The number of hydrogen-bond donors (Lipinski definition) is 1. The molecule has 0 unspecified atom stereocenters. The van der Waals surface area contributed by atoms with Crippen molar-refractivity contribution in [2.75, 3.05) is 40.4 Å². The molecule has 0 aromatic carbocycles. The van der Waals surface area contributed by atoms with Gasteiger partial charge >= 0.3 is 0 Å². The molecule has 0 bridgehead atoms. The second-order valence-electron chi connectivity index (χ2n) is 4.80. The zero-order chi connectivity index (χ0) is 11.3. The molecule has 1 fully saturated rings. The van der Waals surface area contributed by atoms with E-state index in [1.54, 1.807) is 7.11 Å². The number of aliphatic imine (C=N–C) groups is 1. The number of methoxy groups -OCH3 is 1. The van der Waals surface area contributed by atoms with Crippen molar-refractivity contribution >= 4 is 5.96 Å². The predicted molar refractivity (Wildman–Crippen MR) is 63.2 cm³/mol. The summed E-state index contributed by atoms with van der Waals surface area (Å²) in [6.45, 7) is 8.32. The summed E-state index contributed by atoms with van der Waals surface area (Å²) in [6.07, 6.45) is 1.23. The molecule has 15 heavy (non-hydrogen) atoms. The fourth-order valence-corrected chi connectivity index (χ4v) is 1.89. The molecule has 1 N–H and O–H groups in total. The van der Waals surface area contributed by atoms with Gasteiger partial charge in [0.2, 0.25) is 0 Å². The van der Waals surface area contributed by atoms with Gasteiger partial charge in [-0.1, -0.05) is 13.8 Å². The van der Waals surface area contributed by atoms with Crippen LogP contribution in [0.4, 0.5) is 0 Å². The Morgan fingerprint density at radius 2 is 2.27 bits per heavy atom. The van der Waals surface area contributed by atoms with E-state index >= 15 is 0 Å². The minimum Gasteiger partial charge on any atom is -0.383 e. The van der Waals surface area contributed by atoms with Gasteiger partial charge in [0.1, 0.15) is 0 Å². The van der Waals surface area contributed by atoms with Gasteiger partial charge in [0.15, 0.2) is 5.96 Å². The molecule has 0 aromatic rings. The van der Waals surface area contributed by atoms with Gasteiger partial charge in [-0.2, -0.15) is 0 Å². The van der Waals surface area contributed by atoms with E-state index in [1.807, 2.05) is 7.05 Å². The Bertz CT molecular complexity index is 226. The van der Waals surface area contributed by atoms with Crippen LogP contribution >= 0.6 is 0 Å². The molecular formula is C11H23N3O. The third-order valence-electron chi connectivity index (χ3n) is 2.78. The second-order valence-corrected chi connectivity index (χ2v) is 4.80. The first-order valence-electron chi connectivity index (χ1n) is 5.53. The Hall–Kier alpha value is -0.770. The third-order valence-corrected chi connectivity index (χ3v) is 2.78. The molecule has 0 aromatic heterocycles. The Kier molecular flexibility index (Phi) is 4.39. The highest BCUT2D eigenvalue weighted by molar-refractivity contribution is 5.80. The van der Waals surface area contributed by atoms with Crippen LogP contribution in [-0.4, -0.2) is 51.3 Å². The standard InChI is InChI=1S/C11H23N3O/c1-11(2)5-7-14(9-11)10(12-3)13-6-8-15-4/h5-9H2,1-4H3,(H,12,13). The molecular weight excluding hydrogens is 190 g/mol. The van der Waals surface area contributed by atoms with Crippen LogP contribution in [0.1, 0.15) is 20.3 Å². The first-order chi connectivity index (χ1) is 7.09. The second kappa shape index (κ2) is 5.35. The maximum absolute atomic E-state index is 5.00. The number of ether oxygens (including phenoxy) is 1. The quantitative estimate of drug-likeness (QED) is 0.431. The number of hydrogen-bond acceptors (Lipinski definition) is 2. The summed E-state index contributed by atoms with van der Waals surface area (Å²) in [6, 6.07) is 0. The van der Waals surface area contributed by atoms with Gasteiger partial charge in [-0.15, -0.1) is 0 Å². The molecule has 1 aliphatic heterocycles. The highest BCUT2D eigenvalue weighted by Crippen LogP contribution is 2.28. The van der Waals surface area contributed by atoms with E-state index in [-0.39, 0.29) is 0 Å². The van der Waals surface area contributed by atoms with Gasteiger partial charge in [-0.25, -0.2) is 0 Å². The molecule has 4 nitrogen and oxygen atoms in total. The molecule has 4 heteroatoms. The van der Waals surface area contributed by atoms with Crippen LogP contribution in [0.2, 0.25) is 0 Å². The lowest BCUT2D eigenvalue weighted by molar-refractivity contribution is 0.202. The minimum absolute atomic E-state index is 0.416. The normalized spacial score (nSPS) is 20.8. The summed E-state index contributed by atoms with van der Waals surface area (Å²) >= 11 is 0. The van der Waals surface area contributed by atoms with E-state index in [1.165, 1.54) is 6.42 Å². The summed E-state index contributed by atoms with van der Waals surface area (Å²) in [5.74, 6) is 0.998. The summed E-state index contributed by atoms with van der Waals surface area (Å²) in [5.41, 5.74) is 0.416. The van der Waals surface area contributed by atoms with Crippen LogP contribution in [0.25, 0.3) is 0 Å². The van der Waals surface area contributed by atoms with Crippen molar-refractivity contribution in [2.45, 2.75) is 20.3 Å². The van der Waals surface area contributed by atoms with Crippen LogP contribution < -0.4 is 5.32 Å². The average Bonchev–Trinajstić information content (AvgIpc) is 2.54. The highest BCUT2D eigenvalue weighted by Gasteiger charge is 2.30. The fraction of sp³-hybridized carbons (Fsp3) is 0.909. The fourth-order valence-electron chi connectivity index (χ4n) is 1.89. The van der Waals surface area contributed by atoms with E-state index in [2.05, 4.69) is 29.1 Å². The topological polar surface area (TPSA) is 36.9 Å². The highest BCUT2D eigenvalue weighted by atomic mass is 16.5. The van der Waals surface area contributed by atoms with Crippen molar-refractivity contribution in [3.8, 4) is 0 Å². The lowest BCUT2D eigenvalue weighted by atomic mass is 9.93. The van der Waals surface area contributed by atoms with Crippen LogP contribution in [-0.2, 0) is 4.74 Å². The first-order valence-corrected chi connectivity index (χ1v) is 5.53. The zero-order valence-electron chi connectivity index (χ0n) is 10.3. The Labute approximate surface area is 92.7 Å². The van der Waals surface area contributed by atoms with E-state index in [0.717, 1.165) is 32.2 Å². The lowest BCUT2D eigenvalue weighted by Gasteiger charge is -2.23. The Morgan fingerprint density at radius 3 is 2.73 bits per heavy atom. The first kappa shape index (κ1) is 12.3. The van der Waals surface area contributed by atoms with Crippen LogP contribution in [0, 0.1) is 5.41 Å². The minimum atomic E-state index is 0.416. The molecule has 0 saturated carbocycles. The summed E-state index contributed by atoms with van der Waals surface area (Å²) < 4.78 is 5.00. The summed E-state index contributed by atoms with van der Waals surface area (Å²) in [7, 11) is 3.55. The molecule has 0 aliphatic carbocycles. The molecule has 0 radical (unpaired) electrons. The number of likely N-dealkylation sites (tertiary alicyclic amines) is 1. The van der Waals surface area contributed by atoms with Crippen LogP contribution in [0.15, 0.2) is 4.99 Å². The predicted octanol–water partition coefficient (Wildman–Crippen LogP) is 0.940. The van der Waals surface area contributed by atoms with E-state index < -0.39 is 0 Å². The maximum atomic E-state index is 5.00. The van der Waals surface area contributed by atoms with Crippen molar-refractivity contribution in [1.82, 2.24) is 10.2 Å². The number of rotatable bonds is 3. The molecule has 1 rings (SSSR count). The summed E-state index contributed by atoms with van der Waals surface area (Å²) in [5, 5.41) is 3.30. The van der Waals surface area contributed by atoms with Crippen molar-refractivity contribution < 1.29 is 4.74 Å². The van der Waals surface area contributed by atoms with Crippen molar-refractivity contribution in [3.05, 3.63) is 0 Å². The van der Waals surface area contributed by atoms with Gasteiger partial charge in [-0.3, -0.25) is 4.99 Å². The Morgan fingerprint density at radius 1 is 1.53 bits per heavy atom. The molecule has 1 aliphatic rings. The SMILES string of the molecule is CN=C(NCCOC)N1CCC(C)(C)C1. The van der Waals surface area contributed by atoms with E-state index in [0.29, 0.717) is 5.41 Å². The van der Waals surface area contributed by atoms with Crippen LogP contribution in [0.5, 0.6) is 0 Å².